The highest BCUT2D eigenvalue weighted by Gasteiger charge is 2.05. The summed E-state index contributed by atoms with van der Waals surface area (Å²) in [5, 5.41) is 9.73. The van der Waals surface area contributed by atoms with Crippen LogP contribution in [0.5, 0.6) is 0 Å². The first-order valence-electron chi connectivity index (χ1n) is 4.67. The van der Waals surface area contributed by atoms with Crippen molar-refractivity contribution in [3.05, 3.63) is 34.3 Å². The van der Waals surface area contributed by atoms with Crippen LogP contribution in [-0.4, -0.2) is 5.11 Å². The van der Waals surface area contributed by atoms with Gasteiger partial charge in [0.1, 0.15) is 0 Å². The molecule has 1 rings (SSSR count). The number of benzene rings is 1. The lowest BCUT2D eigenvalue weighted by Crippen LogP contribution is -1.96. The number of hydrogen-bond donors (Lipinski definition) is 1. The topological polar surface area (TPSA) is 20.2 Å². The maximum absolute atomic E-state index is 9.73. The van der Waals surface area contributed by atoms with Gasteiger partial charge in [-0.05, 0) is 24.1 Å². The maximum Gasteiger partial charge on any atom is 0.0790 e. The van der Waals surface area contributed by atoms with Gasteiger partial charge in [-0.1, -0.05) is 47.8 Å². The van der Waals surface area contributed by atoms with Crippen LogP contribution >= 0.6 is 15.9 Å². The molecule has 1 unspecified atom stereocenters. The van der Waals surface area contributed by atoms with Gasteiger partial charge in [0.25, 0.3) is 0 Å². The molecule has 1 aromatic carbocycles. The minimum atomic E-state index is -0.298. The molecule has 0 aliphatic rings. The van der Waals surface area contributed by atoms with Crippen LogP contribution < -0.4 is 0 Å². The molecule has 0 heterocycles. The molecule has 0 aliphatic carbocycles. The summed E-state index contributed by atoms with van der Waals surface area (Å²) in [7, 11) is 0. The largest absolute Gasteiger partial charge is 0.388 e. The summed E-state index contributed by atoms with van der Waals surface area (Å²) in [6.45, 7) is 2.13. The van der Waals surface area contributed by atoms with Crippen LogP contribution in [0.3, 0.4) is 0 Å². The summed E-state index contributed by atoms with van der Waals surface area (Å²) in [4.78, 5) is 0. The molecular formula is C11H15BrO. The highest BCUT2D eigenvalue weighted by Crippen LogP contribution is 2.20. The Morgan fingerprint density at radius 3 is 2.46 bits per heavy atom. The van der Waals surface area contributed by atoms with E-state index in [9.17, 15) is 5.11 Å². The fraction of sp³-hybridized carbons (Fsp3) is 0.455. The first-order valence-corrected chi connectivity index (χ1v) is 5.47. The Bertz CT molecular complexity index is 243. The van der Waals surface area contributed by atoms with Crippen molar-refractivity contribution in [1.29, 1.82) is 0 Å². The van der Waals surface area contributed by atoms with Gasteiger partial charge in [-0.3, -0.25) is 0 Å². The molecule has 1 nitrogen and oxygen atoms in total. The van der Waals surface area contributed by atoms with E-state index in [4.69, 9.17) is 0 Å². The Morgan fingerprint density at radius 2 is 1.92 bits per heavy atom. The maximum atomic E-state index is 9.73. The number of rotatable bonds is 4. The molecule has 2 heteroatoms. The molecule has 0 aromatic heterocycles. The minimum Gasteiger partial charge on any atom is -0.388 e. The molecular weight excluding hydrogens is 228 g/mol. The Kier molecular flexibility index (Phi) is 4.46. The number of unbranched alkanes of at least 4 members (excludes halogenated alkanes) is 1. The molecule has 13 heavy (non-hydrogen) atoms. The summed E-state index contributed by atoms with van der Waals surface area (Å²) < 4.78 is 1.05. The normalized spacial score (nSPS) is 12.8. The van der Waals surface area contributed by atoms with Crippen molar-refractivity contribution in [2.75, 3.05) is 0 Å². The molecule has 0 fully saturated rings. The van der Waals surface area contributed by atoms with Gasteiger partial charge in [-0.25, -0.2) is 0 Å². The van der Waals surface area contributed by atoms with Crippen LogP contribution in [0.4, 0.5) is 0 Å². The van der Waals surface area contributed by atoms with Crippen LogP contribution in [0.15, 0.2) is 28.7 Å². The average Bonchev–Trinajstić information content (AvgIpc) is 2.15. The van der Waals surface area contributed by atoms with Crippen molar-refractivity contribution >= 4 is 15.9 Å². The van der Waals surface area contributed by atoms with Gasteiger partial charge in [0.15, 0.2) is 0 Å². The van der Waals surface area contributed by atoms with Gasteiger partial charge in [0.2, 0.25) is 0 Å². The van der Waals surface area contributed by atoms with Crippen LogP contribution in [0.2, 0.25) is 0 Å². The van der Waals surface area contributed by atoms with E-state index in [1.807, 2.05) is 24.3 Å². The second-order valence-electron chi connectivity index (χ2n) is 3.21. The van der Waals surface area contributed by atoms with Crippen LogP contribution in [0, 0.1) is 0 Å². The van der Waals surface area contributed by atoms with Gasteiger partial charge in [-0.2, -0.15) is 0 Å². The Morgan fingerprint density at radius 1 is 1.31 bits per heavy atom. The Balaban J connectivity index is 2.55. The lowest BCUT2D eigenvalue weighted by atomic mass is 10.0. The first kappa shape index (κ1) is 10.7. The standard InChI is InChI=1S/C11H15BrO/c1-2-3-4-11(13)9-5-7-10(12)8-6-9/h5-8,11,13H,2-4H2,1H3. The second-order valence-corrected chi connectivity index (χ2v) is 4.13. The van der Waals surface area contributed by atoms with Crippen LogP contribution in [0.1, 0.15) is 37.9 Å². The highest BCUT2D eigenvalue weighted by atomic mass is 79.9. The Labute approximate surface area is 87.9 Å². The van der Waals surface area contributed by atoms with E-state index in [-0.39, 0.29) is 6.10 Å². The number of halogens is 1. The van der Waals surface area contributed by atoms with E-state index in [0.29, 0.717) is 0 Å². The van der Waals surface area contributed by atoms with Gasteiger partial charge < -0.3 is 5.11 Å². The summed E-state index contributed by atoms with van der Waals surface area (Å²) >= 11 is 3.37. The number of aliphatic hydroxyl groups excluding tert-OH is 1. The fourth-order valence-corrected chi connectivity index (χ4v) is 1.51. The number of hydrogen-bond acceptors (Lipinski definition) is 1. The molecule has 1 atom stereocenters. The third kappa shape index (κ3) is 3.49. The van der Waals surface area contributed by atoms with Crippen LogP contribution in [0.25, 0.3) is 0 Å². The zero-order valence-corrected chi connectivity index (χ0v) is 9.42. The summed E-state index contributed by atoms with van der Waals surface area (Å²) in [6, 6.07) is 7.85. The van der Waals surface area contributed by atoms with Crippen LogP contribution in [-0.2, 0) is 0 Å². The molecule has 0 aliphatic heterocycles. The van der Waals surface area contributed by atoms with Crippen molar-refractivity contribution in [3.8, 4) is 0 Å². The third-order valence-corrected chi connectivity index (χ3v) is 2.61. The summed E-state index contributed by atoms with van der Waals surface area (Å²) in [5.41, 5.74) is 1.01. The molecule has 0 spiro atoms. The molecule has 72 valence electrons. The van der Waals surface area contributed by atoms with E-state index >= 15 is 0 Å². The molecule has 1 N–H and O–H groups in total. The quantitative estimate of drug-likeness (QED) is 0.855. The van der Waals surface area contributed by atoms with E-state index in [1.165, 1.54) is 0 Å². The van der Waals surface area contributed by atoms with Crippen molar-refractivity contribution in [1.82, 2.24) is 0 Å². The van der Waals surface area contributed by atoms with E-state index in [2.05, 4.69) is 22.9 Å². The van der Waals surface area contributed by atoms with Gasteiger partial charge in [0.05, 0.1) is 6.10 Å². The zero-order chi connectivity index (χ0) is 9.68. The highest BCUT2D eigenvalue weighted by molar-refractivity contribution is 9.10. The van der Waals surface area contributed by atoms with E-state index < -0.39 is 0 Å². The lowest BCUT2D eigenvalue weighted by Gasteiger charge is -2.09. The van der Waals surface area contributed by atoms with Crippen molar-refractivity contribution < 1.29 is 5.11 Å². The van der Waals surface area contributed by atoms with Gasteiger partial charge >= 0.3 is 0 Å². The summed E-state index contributed by atoms with van der Waals surface area (Å²) in [5.74, 6) is 0. The zero-order valence-electron chi connectivity index (χ0n) is 7.83. The molecule has 0 saturated heterocycles. The number of aliphatic hydroxyl groups is 1. The third-order valence-electron chi connectivity index (χ3n) is 2.09. The smallest absolute Gasteiger partial charge is 0.0790 e. The fourth-order valence-electron chi connectivity index (χ4n) is 1.25. The summed E-state index contributed by atoms with van der Waals surface area (Å²) in [6.07, 6.45) is 2.77. The van der Waals surface area contributed by atoms with Gasteiger partial charge in [0, 0.05) is 4.47 Å². The van der Waals surface area contributed by atoms with Crippen molar-refractivity contribution in [2.45, 2.75) is 32.3 Å². The predicted octanol–water partition coefficient (Wildman–Crippen LogP) is 3.67. The van der Waals surface area contributed by atoms with Crippen molar-refractivity contribution in [3.63, 3.8) is 0 Å². The monoisotopic (exact) mass is 242 g/mol. The molecule has 0 radical (unpaired) electrons. The molecule has 0 amide bonds. The first-order chi connectivity index (χ1) is 6.24. The predicted molar refractivity (Wildman–Crippen MR) is 58.6 cm³/mol. The molecule has 0 saturated carbocycles. The molecule has 1 aromatic rings. The minimum absolute atomic E-state index is 0.298. The second kappa shape index (κ2) is 5.40. The average molecular weight is 243 g/mol. The van der Waals surface area contributed by atoms with Crippen molar-refractivity contribution in [2.24, 2.45) is 0 Å². The van der Waals surface area contributed by atoms with Gasteiger partial charge in [-0.15, -0.1) is 0 Å². The lowest BCUT2D eigenvalue weighted by molar-refractivity contribution is 0.164. The SMILES string of the molecule is CCCCC(O)c1ccc(Br)cc1. The van der Waals surface area contributed by atoms with E-state index in [0.717, 1.165) is 29.3 Å². The molecule has 0 bridgehead atoms. The van der Waals surface area contributed by atoms with E-state index in [1.54, 1.807) is 0 Å². The Hall–Kier alpha value is -0.340.